The summed E-state index contributed by atoms with van der Waals surface area (Å²) < 4.78 is 5.98. The highest BCUT2D eigenvalue weighted by molar-refractivity contribution is 5.88. The lowest BCUT2D eigenvalue weighted by atomic mass is 9.97. The molecular formula is C17H24O3. The quantitative estimate of drug-likeness (QED) is 0.749. The van der Waals surface area contributed by atoms with Gasteiger partial charge in [-0.3, -0.25) is 0 Å². The second kappa shape index (κ2) is 7.32. The summed E-state index contributed by atoms with van der Waals surface area (Å²) in [5, 5.41) is 8.98. The predicted molar refractivity (Wildman–Crippen MR) is 79.5 cm³/mol. The number of unbranched alkanes of at least 4 members (excludes halogenated alkanes) is 4. The van der Waals surface area contributed by atoms with E-state index >= 15 is 0 Å². The Hall–Kier alpha value is -1.51. The van der Waals surface area contributed by atoms with Crippen molar-refractivity contribution in [2.75, 3.05) is 0 Å². The van der Waals surface area contributed by atoms with Crippen molar-refractivity contribution < 1.29 is 14.6 Å². The number of carbonyl (C=O) groups is 1. The van der Waals surface area contributed by atoms with E-state index in [0.29, 0.717) is 11.7 Å². The maximum atomic E-state index is 10.9. The molecule has 0 aromatic heterocycles. The third-order valence-electron chi connectivity index (χ3n) is 3.97. The number of aromatic carboxylic acids is 1. The maximum absolute atomic E-state index is 10.9. The molecule has 0 bridgehead atoms. The van der Waals surface area contributed by atoms with Crippen LogP contribution in [0.15, 0.2) is 18.2 Å². The first-order chi connectivity index (χ1) is 9.70. The van der Waals surface area contributed by atoms with E-state index in [1.54, 1.807) is 12.1 Å². The lowest BCUT2D eigenvalue weighted by molar-refractivity contribution is 0.0696. The van der Waals surface area contributed by atoms with E-state index in [4.69, 9.17) is 9.84 Å². The van der Waals surface area contributed by atoms with Gasteiger partial charge < -0.3 is 9.84 Å². The molecule has 1 aliphatic heterocycles. The van der Waals surface area contributed by atoms with Gasteiger partial charge in [-0.15, -0.1) is 0 Å². The summed E-state index contributed by atoms with van der Waals surface area (Å²) in [7, 11) is 0. The standard InChI is InChI=1S/C17H24O3/c1-2-3-4-5-6-7-15-10-8-13-12-14(17(18)19)9-11-16(13)20-15/h9,11-12,15H,2-8,10H2,1H3,(H,18,19)/t15-/m0/s1. The van der Waals surface area contributed by atoms with Crippen LogP contribution in [-0.4, -0.2) is 17.2 Å². The summed E-state index contributed by atoms with van der Waals surface area (Å²) in [6.07, 6.45) is 9.79. The second-order valence-electron chi connectivity index (χ2n) is 5.61. The zero-order valence-electron chi connectivity index (χ0n) is 12.2. The summed E-state index contributed by atoms with van der Waals surface area (Å²) in [6.45, 7) is 2.23. The fourth-order valence-corrected chi connectivity index (χ4v) is 2.76. The van der Waals surface area contributed by atoms with Gasteiger partial charge in [0.25, 0.3) is 0 Å². The van der Waals surface area contributed by atoms with Gasteiger partial charge in [-0.25, -0.2) is 4.79 Å². The first-order valence-electron chi connectivity index (χ1n) is 7.73. The second-order valence-corrected chi connectivity index (χ2v) is 5.61. The molecule has 0 fully saturated rings. The molecule has 1 atom stereocenters. The number of aryl methyl sites for hydroxylation is 1. The van der Waals surface area contributed by atoms with E-state index in [9.17, 15) is 4.79 Å². The smallest absolute Gasteiger partial charge is 0.335 e. The Morgan fingerprint density at radius 1 is 1.30 bits per heavy atom. The zero-order valence-corrected chi connectivity index (χ0v) is 12.2. The monoisotopic (exact) mass is 276 g/mol. The van der Waals surface area contributed by atoms with Crippen molar-refractivity contribution in [1.29, 1.82) is 0 Å². The van der Waals surface area contributed by atoms with Gasteiger partial charge in [-0.2, -0.15) is 0 Å². The van der Waals surface area contributed by atoms with Gasteiger partial charge in [-0.05, 0) is 49.4 Å². The number of fused-ring (bicyclic) bond motifs is 1. The Labute approximate surface area is 121 Å². The Bertz CT molecular complexity index is 454. The van der Waals surface area contributed by atoms with Crippen LogP contribution in [0.4, 0.5) is 0 Å². The van der Waals surface area contributed by atoms with E-state index < -0.39 is 5.97 Å². The van der Waals surface area contributed by atoms with Gasteiger partial charge in [0, 0.05) is 0 Å². The molecule has 0 saturated carbocycles. The molecule has 0 aliphatic carbocycles. The van der Waals surface area contributed by atoms with Gasteiger partial charge in [0.05, 0.1) is 11.7 Å². The van der Waals surface area contributed by atoms with Crippen molar-refractivity contribution >= 4 is 5.97 Å². The highest BCUT2D eigenvalue weighted by Gasteiger charge is 2.20. The molecule has 1 aromatic rings. The summed E-state index contributed by atoms with van der Waals surface area (Å²) in [5.74, 6) is 0.00524. The molecular weight excluding hydrogens is 252 g/mol. The molecule has 1 aliphatic rings. The number of carboxylic acids is 1. The molecule has 0 amide bonds. The molecule has 0 saturated heterocycles. The Morgan fingerprint density at radius 3 is 2.85 bits per heavy atom. The molecule has 1 aromatic carbocycles. The van der Waals surface area contributed by atoms with Crippen LogP contribution in [0.5, 0.6) is 5.75 Å². The van der Waals surface area contributed by atoms with Crippen LogP contribution in [0.2, 0.25) is 0 Å². The third kappa shape index (κ3) is 3.99. The average molecular weight is 276 g/mol. The van der Waals surface area contributed by atoms with Crippen molar-refractivity contribution in [3.05, 3.63) is 29.3 Å². The SMILES string of the molecule is CCCCCCC[C@H]1CCc2cc(C(=O)O)ccc2O1. The predicted octanol–water partition coefficient (Wildman–Crippen LogP) is 4.44. The van der Waals surface area contributed by atoms with Gasteiger partial charge in [0.15, 0.2) is 0 Å². The topological polar surface area (TPSA) is 46.5 Å². The maximum Gasteiger partial charge on any atom is 0.335 e. The van der Waals surface area contributed by atoms with Crippen molar-refractivity contribution in [3.8, 4) is 5.75 Å². The van der Waals surface area contributed by atoms with Crippen molar-refractivity contribution in [1.82, 2.24) is 0 Å². The minimum atomic E-state index is -0.870. The number of rotatable bonds is 7. The van der Waals surface area contributed by atoms with Crippen LogP contribution < -0.4 is 4.74 Å². The van der Waals surface area contributed by atoms with Crippen LogP contribution in [0.25, 0.3) is 0 Å². The minimum absolute atomic E-state index is 0.305. The zero-order chi connectivity index (χ0) is 14.4. The summed E-state index contributed by atoms with van der Waals surface area (Å²) in [6, 6.07) is 5.18. The summed E-state index contributed by atoms with van der Waals surface area (Å²) >= 11 is 0. The largest absolute Gasteiger partial charge is 0.490 e. The lowest BCUT2D eigenvalue weighted by Gasteiger charge is -2.26. The van der Waals surface area contributed by atoms with Gasteiger partial charge >= 0.3 is 5.97 Å². The molecule has 1 N–H and O–H groups in total. The van der Waals surface area contributed by atoms with Gasteiger partial charge in [0.2, 0.25) is 0 Å². The first kappa shape index (κ1) is 14.9. The molecule has 20 heavy (non-hydrogen) atoms. The summed E-state index contributed by atoms with van der Waals surface area (Å²) in [4.78, 5) is 10.9. The van der Waals surface area contributed by atoms with Crippen LogP contribution in [-0.2, 0) is 6.42 Å². The van der Waals surface area contributed by atoms with Crippen LogP contribution in [0, 0.1) is 0 Å². The average Bonchev–Trinajstić information content (AvgIpc) is 2.46. The molecule has 3 nitrogen and oxygen atoms in total. The van der Waals surface area contributed by atoms with Crippen molar-refractivity contribution in [3.63, 3.8) is 0 Å². The fraction of sp³-hybridized carbons (Fsp3) is 0.588. The molecule has 0 unspecified atom stereocenters. The number of hydrogen-bond donors (Lipinski definition) is 1. The van der Waals surface area contributed by atoms with Crippen LogP contribution in [0.1, 0.15) is 67.8 Å². The van der Waals surface area contributed by atoms with Crippen molar-refractivity contribution in [2.45, 2.75) is 64.4 Å². The lowest BCUT2D eigenvalue weighted by Crippen LogP contribution is -2.22. The highest BCUT2D eigenvalue weighted by atomic mass is 16.5. The molecule has 2 rings (SSSR count). The number of carboxylic acid groups (broad SMARTS) is 1. The first-order valence-corrected chi connectivity index (χ1v) is 7.73. The van der Waals surface area contributed by atoms with E-state index in [1.165, 1.54) is 32.1 Å². The molecule has 3 heteroatoms. The number of hydrogen-bond acceptors (Lipinski definition) is 2. The van der Waals surface area contributed by atoms with Crippen molar-refractivity contribution in [2.24, 2.45) is 0 Å². The number of ether oxygens (including phenoxy) is 1. The van der Waals surface area contributed by atoms with Gasteiger partial charge in [0.1, 0.15) is 5.75 Å². The van der Waals surface area contributed by atoms with E-state index in [-0.39, 0.29) is 0 Å². The molecule has 0 spiro atoms. The highest BCUT2D eigenvalue weighted by Crippen LogP contribution is 2.30. The fourth-order valence-electron chi connectivity index (χ4n) is 2.76. The molecule has 1 heterocycles. The third-order valence-corrected chi connectivity index (χ3v) is 3.97. The number of benzene rings is 1. The van der Waals surface area contributed by atoms with Crippen LogP contribution >= 0.6 is 0 Å². The Balaban J connectivity index is 1.83. The van der Waals surface area contributed by atoms with E-state index in [0.717, 1.165) is 30.6 Å². The van der Waals surface area contributed by atoms with Crippen LogP contribution in [0.3, 0.4) is 0 Å². The minimum Gasteiger partial charge on any atom is -0.490 e. The normalized spacial score (nSPS) is 17.4. The van der Waals surface area contributed by atoms with Gasteiger partial charge in [-0.1, -0.05) is 32.6 Å². The summed E-state index contributed by atoms with van der Waals surface area (Å²) in [5.41, 5.74) is 1.39. The van der Waals surface area contributed by atoms with E-state index in [1.807, 2.05) is 6.07 Å². The Morgan fingerprint density at radius 2 is 2.10 bits per heavy atom. The molecule has 0 radical (unpaired) electrons. The molecule has 110 valence electrons. The Kier molecular flexibility index (Phi) is 5.45. The van der Waals surface area contributed by atoms with E-state index in [2.05, 4.69) is 6.92 Å².